The van der Waals surface area contributed by atoms with Crippen LogP contribution in [0, 0.1) is 5.92 Å². The van der Waals surface area contributed by atoms with Gasteiger partial charge in [0.2, 0.25) is 0 Å². The SMILES string of the molecule is CCCNC(C1=CCCCC1)C1CCOC1. The molecule has 0 aromatic rings. The van der Waals surface area contributed by atoms with E-state index in [1.165, 1.54) is 38.5 Å². The molecule has 1 saturated heterocycles. The molecule has 0 amide bonds. The normalized spacial score (nSPS) is 27.8. The maximum absolute atomic E-state index is 5.54. The van der Waals surface area contributed by atoms with Crippen LogP contribution in [-0.2, 0) is 4.74 Å². The van der Waals surface area contributed by atoms with Crippen LogP contribution in [0.2, 0.25) is 0 Å². The summed E-state index contributed by atoms with van der Waals surface area (Å²) in [6.07, 6.45) is 10.3. The summed E-state index contributed by atoms with van der Waals surface area (Å²) >= 11 is 0. The Morgan fingerprint density at radius 1 is 1.50 bits per heavy atom. The summed E-state index contributed by atoms with van der Waals surface area (Å²) in [6.45, 7) is 5.30. The van der Waals surface area contributed by atoms with Gasteiger partial charge in [0, 0.05) is 18.6 Å². The first-order valence-corrected chi connectivity index (χ1v) is 6.92. The standard InChI is InChI=1S/C14H25NO/c1-2-9-15-14(13-8-10-16-11-13)12-6-4-3-5-7-12/h6,13-15H,2-5,7-11H2,1H3. The average Bonchev–Trinajstić information content (AvgIpc) is 2.85. The molecule has 2 unspecified atom stereocenters. The van der Waals surface area contributed by atoms with Crippen molar-refractivity contribution >= 4 is 0 Å². The zero-order valence-electron chi connectivity index (χ0n) is 10.5. The molecule has 2 nitrogen and oxygen atoms in total. The first-order chi connectivity index (χ1) is 7.92. The Morgan fingerprint density at radius 3 is 3.06 bits per heavy atom. The van der Waals surface area contributed by atoms with E-state index in [1.807, 2.05) is 0 Å². The van der Waals surface area contributed by atoms with E-state index in [-0.39, 0.29) is 0 Å². The average molecular weight is 223 g/mol. The third-order valence-corrected chi connectivity index (χ3v) is 3.78. The molecule has 2 aliphatic rings. The van der Waals surface area contributed by atoms with Crippen LogP contribution in [0.5, 0.6) is 0 Å². The second kappa shape index (κ2) is 6.41. The zero-order chi connectivity index (χ0) is 11.2. The van der Waals surface area contributed by atoms with Crippen molar-refractivity contribution in [1.82, 2.24) is 5.32 Å². The van der Waals surface area contributed by atoms with Gasteiger partial charge in [-0.2, -0.15) is 0 Å². The Morgan fingerprint density at radius 2 is 2.44 bits per heavy atom. The molecule has 2 atom stereocenters. The minimum atomic E-state index is 0.600. The Hall–Kier alpha value is -0.340. The summed E-state index contributed by atoms with van der Waals surface area (Å²) < 4.78 is 5.54. The van der Waals surface area contributed by atoms with Crippen molar-refractivity contribution in [1.29, 1.82) is 0 Å². The molecular weight excluding hydrogens is 198 g/mol. The molecule has 0 saturated carbocycles. The third-order valence-electron chi connectivity index (χ3n) is 3.78. The summed E-state index contributed by atoms with van der Waals surface area (Å²) in [5.41, 5.74) is 1.66. The van der Waals surface area contributed by atoms with Gasteiger partial charge in [-0.1, -0.05) is 18.6 Å². The van der Waals surface area contributed by atoms with E-state index < -0.39 is 0 Å². The van der Waals surface area contributed by atoms with Crippen LogP contribution in [0.25, 0.3) is 0 Å². The molecule has 1 aliphatic heterocycles. The monoisotopic (exact) mass is 223 g/mol. The minimum Gasteiger partial charge on any atom is -0.381 e. The van der Waals surface area contributed by atoms with E-state index >= 15 is 0 Å². The molecule has 1 heterocycles. The lowest BCUT2D eigenvalue weighted by Crippen LogP contribution is -2.39. The van der Waals surface area contributed by atoms with Crippen molar-refractivity contribution in [2.75, 3.05) is 19.8 Å². The Kier molecular flexibility index (Phi) is 4.86. The molecule has 92 valence electrons. The molecule has 1 aliphatic carbocycles. The number of allylic oxidation sites excluding steroid dienone is 1. The van der Waals surface area contributed by atoms with E-state index in [1.54, 1.807) is 5.57 Å². The molecule has 1 N–H and O–H groups in total. The Bertz CT molecular complexity index is 231. The number of rotatable bonds is 5. The van der Waals surface area contributed by atoms with Crippen LogP contribution in [0.3, 0.4) is 0 Å². The van der Waals surface area contributed by atoms with Gasteiger partial charge in [0.1, 0.15) is 0 Å². The van der Waals surface area contributed by atoms with Gasteiger partial charge < -0.3 is 10.1 Å². The fraction of sp³-hybridized carbons (Fsp3) is 0.857. The van der Waals surface area contributed by atoms with Gasteiger partial charge in [-0.15, -0.1) is 0 Å². The molecule has 2 rings (SSSR count). The van der Waals surface area contributed by atoms with E-state index in [2.05, 4.69) is 18.3 Å². The van der Waals surface area contributed by atoms with Crippen LogP contribution in [0.15, 0.2) is 11.6 Å². The number of hydrogen-bond donors (Lipinski definition) is 1. The Labute approximate surface area is 99.4 Å². The summed E-state index contributed by atoms with van der Waals surface area (Å²) in [7, 11) is 0. The smallest absolute Gasteiger partial charge is 0.0513 e. The molecule has 1 fully saturated rings. The van der Waals surface area contributed by atoms with E-state index in [0.29, 0.717) is 6.04 Å². The van der Waals surface area contributed by atoms with Gasteiger partial charge in [0.15, 0.2) is 0 Å². The van der Waals surface area contributed by atoms with Gasteiger partial charge in [0.25, 0.3) is 0 Å². The van der Waals surface area contributed by atoms with Crippen LogP contribution < -0.4 is 5.32 Å². The van der Waals surface area contributed by atoms with Crippen molar-refractivity contribution in [2.24, 2.45) is 5.92 Å². The predicted molar refractivity (Wildman–Crippen MR) is 67.6 cm³/mol. The molecule has 0 bridgehead atoms. The summed E-state index contributed by atoms with van der Waals surface area (Å²) in [6, 6.07) is 0.600. The van der Waals surface area contributed by atoms with Crippen molar-refractivity contribution in [3.05, 3.63) is 11.6 Å². The van der Waals surface area contributed by atoms with Crippen LogP contribution in [0.4, 0.5) is 0 Å². The summed E-state index contributed by atoms with van der Waals surface area (Å²) in [4.78, 5) is 0. The van der Waals surface area contributed by atoms with Crippen molar-refractivity contribution in [3.8, 4) is 0 Å². The Balaban J connectivity index is 1.97. The van der Waals surface area contributed by atoms with E-state index in [4.69, 9.17) is 4.74 Å². The maximum Gasteiger partial charge on any atom is 0.0513 e. The summed E-state index contributed by atoms with van der Waals surface area (Å²) in [5, 5.41) is 3.73. The highest BCUT2D eigenvalue weighted by molar-refractivity contribution is 5.15. The van der Waals surface area contributed by atoms with Gasteiger partial charge in [0.05, 0.1) is 6.61 Å². The number of hydrogen-bond acceptors (Lipinski definition) is 2. The second-order valence-electron chi connectivity index (χ2n) is 5.08. The number of nitrogens with one attached hydrogen (secondary N) is 1. The van der Waals surface area contributed by atoms with Crippen molar-refractivity contribution in [3.63, 3.8) is 0 Å². The fourth-order valence-electron chi connectivity index (χ4n) is 2.86. The predicted octanol–water partition coefficient (Wildman–Crippen LogP) is 2.89. The van der Waals surface area contributed by atoms with Gasteiger partial charge >= 0.3 is 0 Å². The van der Waals surface area contributed by atoms with Gasteiger partial charge in [-0.3, -0.25) is 0 Å². The molecule has 0 aromatic heterocycles. The molecule has 0 spiro atoms. The molecule has 16 heavy (non-hydrogen) atoms. The van der Waals surface area contributed by atoms with Gasteiger partial charge in [-0.05, 0) is 45.1 Å². The highest BCUT2D eigenvalue weighted by Gasteiger charge is 2.28. The maximum atomic E-state index is 5.54. The lowest BCUT2D eigenvalue weighted by Gasteiger charge is -2.28. The minimum absolute atomic E-state index is 0.600. The largest absolute Gasteiger partial charge is 0.381 e. The third kappa shape index (κ3) is 3.08. The lowest BCUT2D eigenvalue weighted by molar-refractivity contribution is 0.179. The second-order valence-corrected chi connectivity index (χ2v) is 5.08. The molecular formula is C14H25NO. The molecule has 2 heteroatoms. The topological polar surface area (TPSA) is 21.3 Å². The van der Waals surface area contributed by atoms with Crippen LogP contribution in [0.1, 0.15) is 45.4 Å². The summed E-state index contributed by atoms with van der Waals surface area (Å²) in [5.74, 6) is 0.718. The number of ether oxygens (including phenoxy) is 1. The highest BCUT2D eigenvalue weighted by atomic mass is 16.5. The van der Waals surface area contributed by atoms with Crippen molar-refractivity contribution < 1.29 is 4.74 Å². The quantitative estimate of drug-likeness (QED) is 0.724. The van der Waals surface area contributed by atoms with Crippen LogP contribution in [-0.4, -0.2) is 25.8 Å². The lowest BCUT2D eigenvalue weighted by atomic mass is 9.86. The van der Waals surface area contributed by atoms with Crippen LogP contribution >= 0.6 is 0 Å². The first kappa shape index (κ1) is 12.1. The zero-order valence-corrected chi connectivity index (χ0v) is 10.5. The van der Waals surface area contributed by atoms with Crippen molar-refractivity contribution in [2.45, 2.75) is 51.5 Å². The fourth-order valence-corrected chi connectivity index (χ4v) is 2.86. The molecule has 0 aromatic carbocycles. The van der Waals surface area contributed by atoms with E-state index in [9.17, 15) is 0 Å². The van der Waals surface area contributed by atoms with Gasteiger partial charge in [-0.25, -0.2) is 0 Å². The first-order valence-electron chi connectivity index (χ1n) is 6.92. The van der Waals surface area contributed by atoms with E-state index in [0.717, 1.165) is 25.7 Å². The molecule has 0 radical (unpaired) electrons. The highest BCUT2D eigenvalue weighted by Crippen LogP contribution is 2.28.